The van der Waals surface area contributed by atoms with E-state index < -0.39 is 0 Å². The monoisotopic (exact) mass is 118 g/mol. The van der Waals surface area contributed by atoms with Gasteiger partial charge in [0.25, 0.3) is 0 Å². The summed E-state index contributed by atoms with van der Waals surface area (Å²) in [5, 5.41) is 0. The zero-order valence-corrected chi connectivity index (χ0v) is 4.99. The lowest BCUT2D eigenvalue weighted by atomic mass is 10.6. The molecular weight excluding hydrogens is 96.1 g/mol. The number of rotatable bonds is 0. The Balaban J connectivity index is -0.0000000160. The van der Waals surface area contributed by atoms with Gasteiger partial charge in [-0.25, -0.2) is 0 Å². The van der Waals surface area contributed by atoms with Crippen LogP contribution in [0.1, 0.15) is 42.0 Å². The third kappa shape index (κ3) is 1910. The fraction of sp³-hybridized carbons (Fsp3) is 0.750. The maximum atomic E-state index is 3.36. The third-order valence-corrected chi connectivity index (χ3v) is 0. The molecule has 0 heteroatoms. The van der Waals surface area contributed by atoms with Crippen molar-refractivity contribution in [3.63, 3.8) is 0 Å². The molecule has 8 heavy (non-hydrogen) atoms. The van der Waals surface area contributed by atoms with Gasteiger partial charge < -0.3 is 0 Å². The second kappa shape index (κ2) is 73.3. The molecule has 0 aromatic carbocycles. The van der Waals surface area contributed by atoms with Crippen LogP contribution < -0.4 is 0 Å². The fourth-order valence-corrected chi connectivity index (χ4v) is 0. The van der Waals surface area contributed by atoms with Gasteiger partial charge in [-0.05, 0) is 6.92 Å². The molecule has 0 aliphatic heterocycles. The van der Waals surface area contributed by atoms with E-state index in [1.165, 1.54) is 6.42 Å². The van der Waals surface area contributed by atoms with E-state index in [2.05, 4.69) is 20.4 Å². The summed E-state index contributed by atoms with van der Waals surface area (Å²) in [6.07, 6.45) is 3.00. The summed E-state index contributed by atoms with van der Waals surface area (Å²) >= 11 is 0. The Kier molecular flexibility index (Phi) is 230. The standard InChI is InChI=1S/C3H8.C3H6.2CH4/c2*1-3-2;;/h3H2,1-2H3;3H,1H2,2H3;2*1H4. The van der Waals surface area contributed by atoms with Crippen molar-refractivity contribution in [3.05, 3.63) is 12.7 Å². The molecule has 0 atom stereocenters. The van der Waals surface area contributed by atoms with Gasteiger partial charge in [0.05, 0.1) is 0 Å². The highest BCUT2D eigenvalue weighted by atomic mass is 13.4. The largest absolute Gasteiger partial charge is 0.103 e. The molecule has 0 radical (unpaired) electrons. The van der Waals surface area contributed by atoms with Crippen LogP contribution in [0.15, 0.2) is 12.7 Å². The number of hydrogen-bond donors (Lipinski definition) is 0. The Morgan fingerprint density at radius 3 is 1.25 bits per heavy atom. The van der Waals surface area contributed by atoms with E-state index >= 15 is 0 Å². The van der Waals surface area contributed by atoms with E-state index in [1.54, 1.807) is 6.08 Å². The molecule has 0 aromatic heterocycles. The quantitative estimate of drug-likeness (QED) is 0.423. The lowest BCUT2D eigenvalue weighted by molar-refractivity contribution is 1.09. The molecule has 0 spiro atoms. The SMILES string of the molecule is C.C.C=CC.CCC. The highest BCUT2D eigenvalue weighted by Gasteiger charge is 1.35. The summed E-state index contributed by atoms with van der Waals surface area (Å²) < 4.78 is 0. The van der Waals surface area contributed by atoms with Gasteiger partial charge in [-0.3, -0.25) is 0 Å². The predicted octanol–water partition coefficient (Wildman–Crippen LogP) is 3.88. The van der Waals surface area contributed by atoms with Crippen LogP contribution in [0.2, 0.25) is 0 Å². The first kappa shape index (κ1) is 25.1. The Morgan fingerprint density at radius 1 is 1.25 bits per heavy atom. The molecule has 0 saturated carbocycles. The van der Waals surface area contributed by atoms with Crippen molar-refractivity contribution in [1.29, 1.82) is 0 Å². The topological polar surface area (TPSA) is 0 Å². The average molecular weight is 118 g/mol. The normalized spacial score (nSPS) is 3.88. The van der Waals surface area contributed by atoms with E-state index in [9.17, 15) is 0 Å². The van der Waals surface area contributed by atoms with Gasteiger partial charge >= 0.3 is 0 Å². The van der Waals surface area contributed by atoms with E-state index in [1.807, 2.05) is 6.92 Å². The van der Waals surface area contributed by atoms with E-state index in [-0.39, 0.29) is 14.9 Å². The Labute approximate surface area is 55.6 Å². The van der Waals surface area contributed by atoms with Crippen LogP contribution in [0.3, 0.4) is 0 Å². The van der Waals surface area contributed by atoms with Gasteiger partial charge in [-0.1, -0.05) is 41.2 Å². The Bertz CT molecular complexity index is 14.0. The second-order valence-electron chi connectivity index (χ2n) is 1.12. The van der Waals surface area contributed by atoms with Crippen LogP contribution in [-0.4, -0.2) is 0 Å². The molecule has 0 aliphatic rings. The molecule has 0 heterocycles. The van der Waals surface area contributed by atoms with Crippen molar-refractivity contribution in [1.82, 2.24) is 0 Å². The first-order valence-electron chi connectivity index (χ1n) is 2.40. The molecule has 0 fully saturated rings. The van der Waals surface area contributed by atoms with Gasteiger partial charge in [0.2, 0.25) is 0 Å². The summed E-state index contributed by atoms with van der Waals surface area (Å²) in [4.78, 5) is 0. The average Bonchev–Trinajstić information content (AvgIpc) is 1.39. The molecule has 0 nitrogen and oxygen atoms in total. The van der Waals surface area contributed by atoms with Crippen molar-refractivity contribution in [2.75, 3.05) is 0 Å². The van der Waals surface area contributed by atoms with E-state index in [0.29, 0.717) is 0 Å². The van der Waals surface area contributed by atoms with Crippen LogP contribution >= 0.6 is 0 Å². The molecule has 0 amide bonds. The highest BCUT2D eigenvalue weighted by molar-refractivity contribution is 4.51. The predicted molar refractivity (Wildman–Crippen MR) is 45.3 cm³/mol. The minimum Gasteiger partial charge on any atom is -0.103 e. The maximum absolute atomic E-state index is 3.36. The van der Waals surface area contributed by atoms with Crippen molar-refractivity contribution in [3.8, 4) is 0 Å². The molecule has 0 unspecified atom stereocenters. The molecule has 0 aliphatic carbocycles. The summed E-state index contributed by atoms with van der Waals surface area (Å²) in [6.45, 7) is 9.50. The summed E-state index contributed by atoms with van der Waals surface area (Å²) in [7, 11) is 0. The summed E-state index contributed by atoms with van der Waals surface area (Å²) in [6, 6.07) is 0. The molecule has 0 rings (SSSR count). The Hall–Kier alpha value is -0.260. The molecule has 54 valence electrons. The zero-order valence-electron chi connectivity index (χ0n) is 4.99. The molecule has 0 N–H and O–H groups in total. The summed E-state index contributed by atoms with van der Waals surface area (Å²) in [5.41, 5.74) is 0. The second-order valence-corrected chi connectivity index (χ2v) is 1.12. The minimum absolute atomic E-state index is 0. The first-order chi connectivity index (χ1) is 2.83. The number of allylic oxidation sites excluding steroid dienone is 1. The smallest absolute Gasteiger partial charge is 0.0473 e. The van der Waals surface area contributed by atoms with Gasteiger partial charge in [0, 0.05) is 0 Å². The molecule has 0 saturated heterocycles. The lowest BCUT2D eigenvalue weighted by Gasteiger charge is -1.48. The minimum atomic E-state index is 0. The fourth-order valence-electron chi connectivity index (χ4n) is 0. The van der Waals surface area contributed by atoms with Crippen LogP contribution in [0.25, 0.3) is 0 Å². The van der Waals surface area contributed by atoms with Gasteiger partial charge in [-0.15, -0.1) is 6.58 Å². The van der Waals surface area contributed by atoms with Crippen LogP contribution in [0.5, 0.6) is 0 Å². The van der Waals surface area contributed by atoms with Crippen molar-refractivity contribution < 1.29 is 0 Å². The Morgan fingerprint density at radius 2 is 1.25 bits per heavy atom. The first-order valence-corrected chi connectivity index (χ1v) is 2.40. The van der Waals surface area contributed by atoms with Crippen molar-refractivity contribution in [2.24, 2.45) is 0 Å². The van der Waals surface area contributed by atoms with Gasteiger partial charge in [0.15, 0.2) is 0 Å². The van der Waals surface area contributed by atoms with Gasteiger partial charge in [-0.2, -0.15) is 0 Å². The molecule has 0 bridgehead atoms. The maximum Gasteiger partial charge on any atom is -0.0473 e. The zero-order chi connectivity index (χ0) is 5.41. The van der Waals surface area contributed by atoms with Gasteiger partial charge in [0.1, 0.15) is 0 Å². The summed E-state index contributed by atoms with van der Waals surface area (Å²) in [5.74, 6) is 0. The van der Waals surface area contributed by atoms with Crippen LogP contribution in [-0.2, 0) is 0 Å². The van der Waals surface area contributed by atoms with Crippen LogP contribution in [0.4, 0.5) is 0 Å². The van der Waals surface area contributed by atoms with E-state index in [4.69, 9.17) is 0 Å². The molecule has 0 aromatic rings. The number of hydrogen-bond acceptors (Lipinski definition) is 0. The third-order valence-electron chi connectivity index (χ3n) is 0. The highest BCUT2D eigenvalue weighted by Crippen LogP contribution is 1.56. The van der Waals surface area contributed by atoms with Crippen molar-refractivity contribution in [2.45, 2.75) is 42.0 Å². The van der Waals surface area contributed by atoms with Crippen LogP contribution in [0, 0.1) is 0 Å². The van der Waals surface area contributed by atoms with Crippen molar-refractivity contribution >= 4 is 0 Å². The van der Waals surface area contributed by atoms with E-state index in [0.717, 1.165) is 0 Å². The molecular formula is C8H22. The lowest BCUT2D eigenvalue weighted by Crippen LogP contribution is -1.27.